The van der Waals surface area contributed by atoms with Crippen molar-refractivity contribution in [3.8, 4) is 6.01 Å². The molecule has 0 aromatic carbocycles. The zero-order chi connectivity index (χ0) is 15.9. The van der Waals surface area contributed by atoms with E-state index in [2.05, 4.69) is 15.3 Å². The third-order valence-electron chi connectivity index (χ3n) is 5.89. The van der Waals surface area contributed by atoms with E-state index < -0.39 is 0 Å². The van der Waals surface area contributed by atoms with Crippen LogP contribution in [-0.2, 0) is 4.79 Å². The molecule has 4 fully saturated rings. The highest BCUT2D eigenvalue weighted by molar-refractivity contribution is 5.90. The van der Waals surface area contributed by atoms with E-state index in [1.807, 2.05) is 6.92 Å². The second-order valence-electron chi connectivity index (χ2n) is 7.83. The third-order valence-corrected chi connectivity index (χ3v) is 5.89. The summed E-state index contributed by atoms with van der Waals surface area (Å²) in [5.41, 5.74) is 0.925. The summed E-state index contributed by atoms with van der Waals surface area (Å²) < 4.78 is 5.22. The third kappa shape index (κ3) is 3.06. The highest BCUT2D eigenvalue weighted by Gasteiger charge is 2.51. The van der Waals surface area contributed by atoms with Crippen molar-refractivity contribution in [2.45, 2.75) is 51.9 Å². The second kappa shape index (κ2) is 5.77. The van der Waals surface area contributed by atoms with Gasteiger partial charge in [-0.05, 0) is 68.6 Å². The maximum absolute atomic E-state index is 12.5. The van der Waals surface area contributed by atoms with Gasteiger partial charge in [0.2, 0.25) is 5.91 Å². The van der Waals surface area contributed by atoms with Gasteiger partial charge < -0.3 is 10.1 Å². The quantitative estimate of drug-likeness (QED) is 0.904. The summed E-state index contributed by atoms with van der Waals surface area (Å²) in [4.78, 5) is 20.7. The molecule has 4 saturated carbocycles. The van der Waals surface area contributed by atoms with Crippen LogP contribution >= 0.6 is 0 Å². The molecule has 0 unspecified atom stereocenters. The highest BCUT2D eigenvalue weighted by atomic mass is 16.5. The van der Waals surface area contributed by atoms with Crippen LogP contribution in [0.3, 0.4) is 0 Å². The minimum atomic E-state index is 0.111. The maximum Gasteiger partial charge on any atom is 0.316 e. The Labute approximate surface area is 137 Å². The van der Waals surface area contributed by atoms with Crippen LogP contribution in [0.1, 0.15) is 51.9 Å². The number of hydrogen-bond donors (Lipinski definition) is 1. The van der Waals surface area contributed by atoms with Gasteiger partial charge in [-0.15, -0.1) is 0 Å². The standard InChI is InChI=1S/C18H25N3O2/c1-2-23-17-19-10-15(11-20-17)21-16(22)9-18-6-12-3-13(7-18)5-14(4-12)8-18/h10-14H,2-9H2,1H3,(H,21,22). The molecule has 4 bridgehead atoms. The Hall–Kier alpha value is -1.65. The van der Waals surface area contributed by atoms with E-state index in [0.717, 1.165) is 17.8 Å². The molecule has 23 heavy (non-hydrogen) atoms. The molecule has 124 valence electrons. The summed E-state index contributed by atoms with van der Waals surface area (Å²) in [5, 5.41) is 2.97. The molecule has 5 nitrogen and oxygen atoms in total. The molecule has 5 rings (SSSR count). The van der Waals surface area contributed by atoms with Crippen molar-refractivity contribution in [2.75, 3.05) is 11.9 Å². The number of aromatic nitrogens is 2. The molecule has 1 amide bonds. The van der Waals surface area contributed by atoms with Gasteiger partial charge in [-0.25, -0.2) is 9.97 Å². The summed E-state index contributed by atoms with van der Waals surface area (Å²) in [6, 6.07) is 0.353. The smallest absolute Gasteiger partial charge is 0.316 e. The van der Waals surface area contributed by atoms with Gasteiger partial charge in [0, 0.05) is 6.42 Å². The first-order valence-electron chi connectivity index (χ1n) is 8.89. The fraction of sp³-hybridized carbons (Fsp3) is 0.722. The maximum atomic E-state index is 12.5. The summed E-state index contributed by atoms with van der Waals surface area (Å²) in [5.74, 6) is 2.74. The van der Waals surface area contributed by atoms with Crippen molar-refractivity contribution < 1.29 is 9.53 Å². The molecular formula is C18H25N3O2. The number of anilines is 1. The van der Waals surface area contributed by atoms with Crippen molar-refractivity contribution >= 4 is 11.6 Å². The number of ether oxygens (including phenoxy) is 1. The largest absolute Gasteiger partial charge is 0.464 e. The van der Waals surface area contributed by atoms with Crippen molar-refractivity contribution in [1.29, 1.82) is 0 Å². The van der Waals surface area contributed by atoms with E-state index in [9.17, 15) is 4.79 Å². The molecule has 5 heteroatoms. The summed E-state index contributed by atoms with van der Waals surface area (Å²) >= 11 is 0. The molecule has 0 saturated heterocycles. The van der Waals surface area contributed by atoms with Crippen LogP contribution in [-0.4, -0.2) is 22.5 Å². The molecule has 4 aliphatic carbocycles. The Bertz CT molecular complexity index is 549. The average molecular weight is 315 g/mol. The zero-order valence-electron chi connectivity index (χ0n) is 13.8. The number of amides is 1. The SMILES string of the molecule is CCOc1ncc(NC(=O)CC23CC4CC(CC(C4)C2)C3)cn1. The van der Waals surface area contributed by atoms with Crippen LogP contribution in [0.2, 0.25) is 0 Å². The van der Waals surface area contributed by atoms with Crippen molar-refractivity contribution in [3.05, 3.63) is 12.4 Å². The van der Waals surface area contributed by atoms with Crippen molar-refractivity contribution in [1.82, 2.24) is 9.97 Å². The second-order valence-corrected chi connectivity index (χ2v) is 7.83. The molecule has 1 aromatic heterocycles. The number of nitrogens with one attached hydrogen (secondary N) is 1. The van der Waals surface area contributed by atoms with E-state index in [4.69, 9.17) is 4.74 Å². The summed E-state index contributed by atoms with van der Waals surface area (Å²) in [7, 11) is 0. The molecule has 1 aromatic rings. The minimum Gasteiger partial charge on any atom is -0.464 e. The van der Waals surface area contributed by atoms with E-state index in [0.29, 0.717) is 24.7 Å². The molecule has 1 N–H and O–H groups in total. The average Bonchev–Trinajstić information content (AvgIpc) is 2.47. The van der Waals surface area contributed by atoms with Gasteiger partial charge in [0.1, 0.15) is 0 Å². The van der Waals surface area contributed by atoms with E-state index in [1.165, 1.54) is 38.5 Å². The number of nitrogens with zero attached hydrogens (tertiary/aromatic N) is 2. The monoisotopic (exact) mass is 315 g/mol. The molecule has 0 atom stereocenters. The molecular weight excluding hydrogens is 290 g/mol. The molecule has 0 spiro atoms. The summed E-state index contributed by atoms with van der Waals surface area (Å²) in [6.07, 6.45) is 11.9. The first kappa shape index (κ1) is 14.9. The Morgan fingerprint density at radius 3 is 2.26 bits per heavy atom. The number of hydrogen-bond acceptors (Lipinski definition) is 4. The Balaban J connectivity index is 1.38. The lowest BCUT2D eigenvalue weighted by Crippen LogP contribution is -2.47. The van der Waals surface area contributed by atoms with Gasteiger partial charge in [0.05, 0.1) is 24.7 Å². The topological polar surface area (TPSA) is 64.1 Å². The van der Waals surface area contributed by atoms with Gasteiger partial charge >= 0.3 is 6.01 Å². The fourth-order valence-corrected chi connectivity index (χ4v) is 5.64. The van der Waals surface area contributed by atoms with Gasteiger partial charge in [-0.1, -0.05) is 0 Å². The van der Waals surface area contributed by atoms with Crippen LogP contribution in [0, 0.1) is 23.2 Å². The fourth-order valence-electron chi connectivity index (χ4n) is 5.64. The molecule has 4 aliphatic rings. The van der Waals surface area contributed by atoms with Gasteiger partial charge in [-0.2, -0.15) is 0 Å². The number of carbonyl (C=O) groups excluding carboxylic acids is 1. The first-order valence-corrected chi connectivity index (χ1v) is 8.89. The van der Waals surface area contributed by atoms with Crippen LogP contribution in [0.4, 0.5) is 5.69 Å². The lowest BCUT2D eigenvalue weighted by Gasteiger charge is -2.56. The Kier molecular flexibility index (Phi) is 3.74. The van der Waals surface area contributed by atoms with Crippen molar-refractivity contribution in [3.63, 3.8) is 0 Å². The Morgan fingerprint density at radius 1 is 1.17 bits per heavy atom. The van der Waals surface area contributed by atoms with Crippen LogP contribution < -0.4 is 10.1 Å². The molecule has 0 radical (unpaired) electrons. The van der Waals surface area contributed by atoms with Gasteiger partial charge in [-0.3, -0.25) is 4.79 Å². The van der Waals surface area contributed by atoms with Crippen LogP contribution in [0.15, 0.2) is 12.4 Å². The van der Waals surface area contributed by atoms with E-state index in [-0.39, 0.29) is 11.3 Å². The number of carbonyl (C=O) groups is 1. The van der Waals surface area contributed by atoms with Gasteiger partial charge in [0.25, 0.3) is 0 Å². The van der Waals surface area contributed by atoms with E-state index in [1.54, 1.807) is 12.4 Å². The van der Waals surface area contributed by atoms with E-state index >= 15 is 0 Å². The molecule has 1 heterocycles. The first-order chi connectivity index (χ1) is 11.1. The normalized spacial score (nSPS) is 34.4. The van der Waals surface area contributed by atoms with Gasteiger partial charge in [0.15, 0.2) is 0 Å². The predicted octanol–water partition coefficient (Wildman–Crippen LogP) is 3.42. The predicted molar refractivity (Wildman–Crippen MR) is 87.1 cm³/mol. The van der Waals surface area contributed by atoms with Crippen molar-refractivity contribution in [2.24, 2.45) is 23.2 Å². The number of rotatable bonds is 5. The zero-order valence-corrected chi connectivity index (χ0v) is 13.8. The Morgan fingerprint density at radius 2 is 1.74 bits per heavy atom. The van der Waals surface area contributed by atoms with Crippen LogP contribution in [0.5, 0.6) is 6.01 Å². The lowest BCUT2D eigenvalue weighted by molar-refractivity contribution is -0.124. The molecule has 0 aliphatic heterocycles. The highest BCUT2D eigenvalue weighted by Crippen LogP contribution is 2.61. The lowest BCUT2D eigenvalue weighted by atomic mass is 9.49. The minimum absolute atomic E-state index is 0.111. The summed E-state index contributed by atoms with van der Waals surface area (Å²) in [6.45, 7) is 2.43. The van der Waals surface area contributed by atoms with Crippen LogP contribution in [0.25, 0.3) is 0 Å².